The first-order chi connectivity index (χ1) is 10.1. The summed E-state index contributed by atoms with van der Waals surface area (Å²) in [7, 11) is 0. The zero-order chi connectivity index (χ0) is 15.2. The monoisotopic (exact) mass is 289 g/mol. The predicted molar refractivity (Wildman–Crippen MR) is 77.4 cm³/mol. The van der Waals surface area contributed by atoms with Crippen LogP contribution in [0.5, 0.6) is 5.75 Å². The second-order valence-corrected chi connectivity index (χ2v) is 4.56. The van der Waals surface area contributed by atoms with E-state index in [0.717, 1.165) is 11.6 Å². The lowest BCUT2D eigenvalue weighted by Gasteiger charge is -2.14. The van der Waals surface area contributed by atoms with E-state index in [9.17, 15) is 14.3 Å². The number of amides is 1. The first kappa shape index (κ1) is 15.0. The van der Waals surface area contributed by atoms with Gasteiger partial charge in [0.15, 0.2) is 5.82 Å². The highest BCUT2D eigenvalue weighted by Gasteiger charge is 2.17. The highest BCUT2D eigenvalue weighted by Crippen LogP contribution is 2.25. The summed E-state index contributed by atoms with van der Waals surface area (Å²) in [6.07, 6.45) is -0.774. The van der Waals surface area contributed by atoms with Gasteiger partial charge in [-0.3, -0.25) is 4.79 Å². The van der Waals surface area contributed by atoms with Crippen LogP contribution in [-0.2, 0) is 16.1 Å². The number of halogens is 1. The van der Waals surface area contributed by atoms with E-state index < -0.39 is 17.8 Å². The Hall–Kier alpha value is -2.40. The van der Waals surface area contributed by atoms with E-state index in [4.69, 9.17) is 4.74 Å². The average molecular weight is 289 g/mol. The van der Waals surface area contributed by atoms with Gasteiger partial charge in [-0.1, -0.05) is 36.4 Å². The van der Waals surface area contributed by atoms with Crippen molar-refractivity contribution in [3.63, 3.8) is 0 Å². The topological polar surface area (TPSA) is 58.6 Å². The first-order valence-electron chi connectivity index (χ1n) is 6.52. The molecule has 0 aliphatic heterocycles. The Morgan fingerprint density at radius 2 is 1.95 bits per heavy atom. The van der Waals surface area contributed by atoms with Gasteiger partial charge in [0.1, 0.15) is 17.5 Å². The van der Waals surface area contributed by atoms with Crippen LogP contribution in [0.1, 0.15) is 12.5 Å². The molecule has 0 aliphatic rings. The molecule has 0 fully saturated rings. The first-order valence-corrected chi connectivity index (χ1v) is 6.52. The molecular formula is C16H16FNO3. The maximum atomic E-state index is 13.5. The second kappa shape index (κ2) is 6.85. The van der Waals surface area contributed by atoms with Crippen molar-refractivity contribution in [3.05, 3.63) is 59.9 Å². The molecule has 1 atom stereocenters. The number of aromatic hydroxyl groups is 1. The third-order valence-corrected chi connectivity index (χ3v) is 2.95. The van der Waals surface area contributed by atoms with Crippen molar-refractivity contribution in [3.8, 4) is 5.75 Å². The van der Waals surface area contributed by atoms with Crippen molar-refractivity contribution in [1.82, 2.24) is 0 Å². The van der Waals surface area contributed by atoms with Gasteiger partial charge < -0.3 is 15.2 Å². The Morgan fingerprint density at radius 3 is 2.62 bits per heavy atom. The van der Waals surface area contributed by atoms with E-state index in [2.05, 4.69) is 5.32 Å². The van der Waals surface area contributed by atoms with Gasteiger partial charge in [0.05, 0.1) is 6.61 Å². The lowest BCUT2D eigenvalue weighted by atomic mass is 10.2. The minimum Gasteiger partial charge on any atom is -0.506 e. The second-order valence-electron chi connectivity index (χ2n) is 4.56. The van der Waals surface area contributed by atoms with E-state index in [0.29, 0.717) is 0 Å². The van der Waals surface area contributed by atoms with E-state index in [1.165, 1.54) is 12.1 Å². The van der Waals surface area contributed by atoms with Gasteiger partial charge >= 0.3 is 0 Å². The molecule has 1 amide bonds. The maximum absolute atomic E-state index is 13.5. The van der Waals surface area contributed by atoms with Crippen LogP contribution in [0, 0.1) is 5.82 Å². The highest BCUT2D eigenvalue weighted by atomic mass is 19.1. The summed E-state index contributed by atoms with van der Waals surface area (Å²) >= 11 is 0. The van der Waals surface area contributed by atoms with Crippen molar-refractivity contribution in [2.75, 3.05) is 5.32 Å². The Labute approximate surface area is 122 Å². The number of rotatable bonds is 5. The van der Waals surface area contributed by atoms with Crippen molar-refractivity contribution < 1.29 is 19.0 Å². The number of phenols is 1. The minimum atomic E-state index is -0.774. The van der Waals surface area contributed by atoms with Gasteiger partial charge in [0, 0.05) is 0 Å². The molecule has 0 bridgehead atoms. The van der Waals surface area contributed by atoms with Crippen molar-refractivity contribution in [1.29, 1.82) is 0 Å². The number of hydrogen-bond acceptors (Lipinski definition) is 3. The molecule has 0 saturated carbocycles. The summed E-state index contributed by atoms with van der Waals surface area (Å²) in [5.41, 5.74) is 0.698. The summed E-state index contributed by atoms with van der Waals surface area (Å²) in [6.45, 7) is 1.84. The fourth-order valence-corrected chi connectivity index (χ4v) is 1.73. The molecule has 2 aromatic rings. The van der Waals surface area contributed by atoms with Crippen LogP contribution in [0.2, 0.25) is 0 Å². The number of para-hydroxylation sites is 1. The summed E-state index contributed by atoms with van der Waals surface area (Å²) in [6, 6.07) is 13.2. The Morgan fingerprint density at radius 1 is 1.24 bits per heavy atom. The van der Waals surface area contributed by atoms with Crippen LogP contribution >= 0.6 is 0 Å². The molecule has 0 heterocycles. The molecule has 2 aromatic carbocycles. The van der Waals surface area contributed by atoms with E-state index in [1.807, 2.05) is 30.3 Å². The average Bonchev–Trinajstić information content (AvgIpc) is 2.49. The largest absolute Gasteiger partial charge is 0.506 e. The zero-order valence-electron chi connectivity index (χ0n) is 11.5. The van der Waals surface area contributed by atoms with Crippen molar-refractivity contribution in [2.24, 2.45) is 0 Å². The number of ether oxygens (including phenoxy) is 1. The van der Waals surface area contributed by atoms with E-state index in [-0.39, 0.29) is 18.0 Å². The van der Waals surface area contributed by atoms with E-state index >= 15 is 0 Å². The molecule has 1 unspecified atom stereocenters. The Bertz CT molecular complexity index is 596. The van der Waals surface area contributed by atoms with Crippen LogP contribution in [0.15, 0.2) is 48.5 Å². The van der Waals surface area contributed by atoms with Gasteiger partial charge in [0.25, 0.3) is 5.91 Å². The van der Waals surface area contributed by atoms with Crippen molar-refractivity contribution in [2.45, 2.75) is 19.6 Å². The van der Waals surface area contributed by atoms with Gasteiger partial charge in [-0.15, -0.1) is 0 Å². The molecule has 2 N–H and O–H groups in total. The molecule has 0 saturated heterocycles. The quantitative estimate of drug-likeness (QED) is 0.832. The predicted octanol–water partition coefficient (Wildman–Crippen LogP) is 3.08. The fourth-order valence-electron chi connectivity index (χ4n) is 1.73. The number of anilines is 1. The van der Waals surface area contributed by atoms with Gasteiger partial charge in [-0.2, -0.15) is 0 Å². The fraction of sp³-hybridized carbons (Fsp3) is 0.188. The Balaban J connectivity index is 1.94. The minimum absolute atomic E-state index is 0.238. The van der Waals surface area contributed by atoms with Gasteiger partial charge in [-0.05, 0) is 24.6 Å². The van der Waals surface area contributed by atoms with Crippen LogP contribution < -0.4 is 5.32 Å². The van der Waals surface area contributed by atoms with Crippen molar-refractivity contribution >= 4 is 11.6 Å². The van der Waals surface area contributed by atoms with Crippen LogP contribution in [-0.4, -0.2) is 17.1 Å². The number of hydrogen-bond donors (Lipinski definition) is 2. The van der Waals surface area contributed by atoms with Gasteiger partial charge in [0.2, 0.25) is 0 Å². The van der Waals surface area contributed by atoms with Crippen LogP contribution in [0.3, 0.4) is 0 Å². The molecule has 110 valence electrons. The SMILES string of the molecule is CC(OCc1ccccc1)C(=O)Nc1c(O)cccc1F. The standard InChI is InChI=1S/C16H16FNO3/c1-11(21-10-12-6-3-2-4-7-12)16(20)18-15-13(17)8-5-9-14(15)19/h2-9,11,19H,10H2,1H3,(H,18,20). The zero-order valence-corrected chi connectivity index (χ0v) is 11.5. The Kier molecular flexibility index (Phi) is 4.90. The molecule has 5 heteroatoms. The highest BCUT2D eigenvalue weighted by molar-refractivity contribution is 5.95. The lowest BCUT2D eigenvalue weighted by Crippen LogP contribution is -2.28. The third-order valence-electron chi connectivity index (χ3n) is 2.95. The summed E-state index contributed by atoms with van der Waals surface area (Å²) in [5.74, 6) is -1.54. The molecular weight excluding hydrogens is 273 g/mol. The van der Waals surface area contributed by atoms with Crippen LogP contribution in [0.25, 0.3) is 0 Å². The molecule has 21 heavy (non-hydrogen) atoms. The number of benzene rings is 2. The number of phenolic OH excluding ortho intramolecular Hbond substituents is 1. The molecule has 0 aromatic heterocycles. The van der Waals surface area contributed by atoms with E-state index in [1.54, 1.807) is 6.92 Å². The lowest BCUT2D eigenvalue weighted by molar-refractivity contribution is -0.127. The molecule has 0 spiro atoms. The maximum Gasteiger partial charge on any atom is 0.253 e. The molecule has 0 aliphatic carbocycles. The summed E-state index contributed by atoms with van der Waals surface area (Å²) in [4.78, 5) is 11.9. The molecule has 4 nitrogen and oxygen atoms in total. The third kappa shape index (κ3) is 4.03. The normalized spacial score (nSPS) is 11.9. The summed E-state index contributed by atoms with van der Waals surface area (Å²) in [5, 5.41) is 11.9. The molecule has 2 rings (SSSR count). The number of nitrogens with one attached hydrogen (secondary N) is 1. The smallest absolute Gasteiger partial charge is 0.253 e. The number of carbonyl (C=O) groups is 1. The van der Waals surface area contributed by atoms with Gasteiger partial charge in [-0.25, -0.2) is 4.39 Å². The molecule has 0 radical (unpaired) electrons. The number of carbonyl (C=O) groups excluding carboxylic acids is 1. The van der Waals surface area contributed by atoms with Crippen LogP contribution in [0.4, 0.5) is 10.1 Å². The summed E-state index contributed by atoms with van der Waals surface area (Å²) < 4.78 is 18.9.